The molecule has 1 N–H and O–H groups in total. The quantitative estimate of drug-likeness (QED) is 0.922. The van der Waals surface area contributed by atoms with Crippen molar-refractivity contribution in [1.29, 1.82) is 0 Å². The Morgan fingerprint density at radius 3 is 2.52 bits per heavy atom. The van der Waals surface area contributed by atoms with E-state index >= 15 is 0 Å². The van der Waals surface area contributed by atoms with Crippen LogP contribution in [0.15, 0.2) is 18.2 Å². The zero-order chi connectivity index (χ0) is 15.6. The summed E-state index contributed by atoms with van der Waals surface area (Å²) in [5.41, 5.74) is 5.03. The Morgan fingerprint density at radius 1 is 1.24 bits per heavy atom. The van der Waals surface area contributed by atoms with Crippen molar-refractivity contribution in [3.63, 3.8) is 0 Å². The highest BCUT2D eigenvalue weighted by atomic mass is 32.1. The fourth-order valence-electron chi connectivity index (χ4n) is 2.60. The number of rotatable bonds is 4. The third-order valence-corrected chi connectivity index (χ3v) is 4.42. The van der Waals surface area contributed by atoms with Gasteiger partial charge in [-0.2, -0.15) is 0 Å². The fraction of sp³-hybridized carbons (Fsp3) is 0.529. The minimum atomic E-state index is 0.00854. The highest BCUT2D eigenvalue weighted by Gasteiger charge is 2.28. The SMILES string of the molecule is CCNC(c1ccc(C)cc1C)c1snnc1C(C)(C)C. The number of hydrogen-bond donors (Lipinski definition) is 1. The minimum absolute atomic E-state index is 0.00854. The molecule has 0 fully saturated rings. The first-order valence-corrected chi connectivity index (χ1v) is 8.25. The molecule has 0 spiro atoms. The van der Waals surface area contributed by atoms with Gasteiger partial charge in [0.15, 0.2) is 0 Å². The van der Waals surface area contributed by atoms with Gasteiger partial charge in [0.05, 0.1) is 16.6 Å². The molecule has 1 atom stereocenters. The second kappa shape index (κ2) is 6.24. The van der Waals surface area contributed by atoms with E-state index in [2.05, 4.69) is 74.6 Å². The molecule has 3 nitrogen and oxygen atoms in total. The smallest absolute Gasteiger partial charge is 0.0860 e. The summed E-state index contributed by atoms with van der Waals surface area (Å²) in [5, 5.41) is 8.00. The monoisotopic (exact) mass is 303 g/mol. The number of aromatic nitrogens is 2. The van der Waals surface area contributed by atoms with Gasteiger partial charge in [0.2, 0.25) is 0 Å². The maximum absolute atomic E-state index is 4.39. The maximum atomic E-state index is 4.39. The van der Waals surface area contributed by atoms with E-state index in [1.54, 1.807) is 0 Å². The van der Waals surface area contributed by atoms with Crippen LogP contribution in [0.3, 0.4) is 0 Å². The average molecular weight is 303 g/mol. The molecular formula is C17H25N3S. The fourth-order valence-corrected chi connectivity index (χ4v) is 3.56. The molecule has 1 aromatic carbocycles. The second-order valence-corrected chi connectivity index (χ2v) is 7.37. The Labute approximate surface area is 132 Å². The first-order chi connectivity index (χ1) is 9.84. The number of benzene rings is 1. The van der Waals surface area contributed by atoms with Gasteiger partial charge >= 0.3 is 0 Å². The van der Waals surface area contributed by atoms with Crippen molar-refractivity contribution in [2.45, 2.75) is 53.0 Å². The minimum Gasteiger partial charge on any atom is -0.306 e. The van der Waals surface area contributed by atoms with Crippen molar-refractivity contribution in [1.82, 2.24) is 14.9 Å². The molecule has 0 saturated carbocycles. The summed E-state index contributed by atoms with van der Waals surface area (Å²) in [6.07, 6.45) is 0. The lowest BCUT2D eigenvalue weighted by Gasteiger charge is -2.24. The predicted molar refractivity (Wildman–Crippen MR) is 90.0 cm³/mol. The molecule has 1 unspecified atom stereocenters. The molecule has 0 amide bonds. The first-order valence-electron chi connectivity index (χ1n) is 7.48. The second-order valence-electron chi connectivity index (χ2n) is 6.59. The number of nitrogens with one attached hydrogen (secondary N) is 1. The van der Waals surface area contributed by atoms with Crippen LogP contribution >= 0.6 is 11.5 Å². The maximum Gasteiger partial charge on any atom is 0.0860 e. The average Bonchev–Trinajstić information content (AvgIpc) is 2.85. The molecule has 21 heavy (non-hydrogen) atoms. The molecule has 1 aromatic heterocycles. The van der Waals surface area contributed by atoms with E-state index in [-0.39, 0.29) is 11.5 Å². The lowest BCUT2D eigenvalue weighted by atomic mass is 9.88. The van der Waals surface area contributed by atoms with Crippen LogP contribution in [0.25, 0.3) is 0 Å². The third-order valence-electron chi connectivity index (χ3n) is 3.63. The molecule has 0 saturated heterocycles. The summed E-state index contributed by atoms with van der Waals surface area (Å²) in [5.74, 6) is 0. The van der Waals surface area contributed by atoms with Gasteiger partial charge in [0.1, 0.15) is 0 Å². The number of hydrogen-bond acceptors (Lipinski definition) is 4. The van der Waals surface area contributed by atoms with Gasteiger partial charge in [0.25, 0.3) is 0 Å². The molecule has 0 radical (unpaired) electrons. The normalized spacial score (nSPS) is 13.4. The van der Waals surface area contributed by atoms with Crippen LogP contribution in [0.2, 0.25) is 0 Å². The Morgan fingerprint density at radius 2 is 1.95 bits per heavy atom. The van der Waals surface area contributed by atoms with Crippen molar-refractivity contribution in [2.24, 2.45) is 0 Å². The topological polar surface area (TPSA) is 37.8 Å². The van der Waals surface area contributed by atoms with Crippen LogP contribution in [-0.2, 0) is 5.41 Å². The van der Waals surface area contributed by atoms with Crippen LogP contribution in [0.4, 0.5) is 0 Å². The van der Waals surface area contributed by atoms with Crippen LogP contribution in [0, 0.1) is 13.8 Å². The highest BCUT2D eigenvalue weighted by Crippen LogP contribution is 2.34. The Kier molecular flexibility index (Phi) is 4.79. The van der Waals surface area contributed by atoms with E-state index in [1.165, 1.54) is 33.1 Å². The van der Waals surface area contributed by atoms with Gasteiger partial charge in [-0.1, -0.05) is 55.9 Å². The molecule has 2 aromatic rings. The van der Waals surface area contributed by atoms with Gasteiger partial charge < -0.3 is 5.32 Å². The van der Waals surface area contributed by atoms with Crippen LogP contribution in [0.1, 0.15) is 61.0 Å². The van der Waals surface area contributed by atoms with E-state index in [0.717, 1.165) is 12.2 Å². The van der Waals surface area contributed by atoms with E-state index in [1.807, 2.05) is 0 Å². The lowest BCUT2D eigenvalue weighted by Crippen LogP contribution is -2.25. The molecule has 4 heteroatoms. The summed E-state index contributed by atoms with van der Waals surface area (Å²) < 4.78 is 4.22. The highest BCUT2D eigenvalue weighted by molar-refractivity contribution is 7.05. The first kappa shape index (κ1) is 16.1. The van der Waals surface area contributed by atoms with Crippen molar-refractivity contribution < 1.29 is 0 Å². The Hall–Kier alpha value is -1.26. The molecule has 0 bridgehead atoms. The zero-order valence-electron chi connectivity index (χ0n) is 13.8. The predicted octanol–water partition coefficient (Wildman–Crippen LogP) is 4.15. The van der Waals surface area contributed by atoms with Crippen molar-refractivity contribution in [3.05, 3.63) is 45.5 Å². The van der Waals surface area contributed by atoms with E-state index in [4.69, 9.17) is 0 Å². The summed E-state index contributed by atoms with van der Waals surface area (Å²) in [6, 6.07) is 6.82. The molecule has 1 heterocycles. The van der Waals surface area contributed by atoms with E-state index < -0.39 is 0 Å². The molecule has 0 aliphatic carbocycles. The zero-order valence-corrected chi connectivity index (χ0v) is 14.6. The van der Waals surface area contributed by atoms with Crippen molar-refractivity contribution in [2.75, 3.05) is 6.54 Å². The van der Waals surface area contributed by atoms with E-state index in [0.29, 0.717) is 0 Å². The largest absolute Gasteiger partial charge is 0.306 e. The summed E-state index contributed by atoms with van der Waals surface area (Å²) >= 11 is 1.51. The number of nitrogens with zero attached hydrogens (tertiary/aromatic N) is 2. The summed E-state index contributed by atoms with van der Waals surface area (Å²) in [4.78, 5) is 1.23. The van der Waals surface area contributed by atoms with Crippen LogP contribution in [0.5, 0.6) is 0 Å². The van der Waals surface area contributed by atoms with Crippen LogP contribution in [-0.4, -0.2) is 16.1 Å². The molecule has 2 rings (SSSR count). The molecule has 0 aliphatic rings. The number of aryl methyl sites for hydroxylation is 2. The van der Waals surface area contributed by atoms with Gasteiger partial charge in [-0.05, 0) is 43.1 Å². The van der Waals surface area contributed by atoms with Crippen LogP contribution < -0.4 is 5.32 Å². The summed E-state index contributed by atoms with van der Waals surface area (Å²) in [7, 11) is 0. The lowest BCUT2D eigenvalue weighted by molar-refractivity contribution is 0.542. The standard InChI is InChI=1S/C17H25N3S/c1-7-18-14(13-9-8-11(2)10-12(13)3)15-16(17(4,5)6)19-20-21-15/h8-10,14,18H,7H2,1-6H3. The Bertz CT molecular complexity index is 611. The van der Waals surface area contributed by atoms with Gasteiger partial charge in [-0.15, -0.1) is 5.10 Å². The third kappa shape index (κ3) is 3.50. The van der Waals surface area contributed by atoms with Gasteiger partial charge in [-0.3, -0.25) is 0 Å². The molecule has 114 valence electrons. The van der Waals surface area contributed by atoms with Crippen molar-refractivity contribution in [3.8, 4) is 0 Å². The molecule has 0 aliphatic heterocycles. The van der Waals surface area contributed by atoms with Gasteiger partial charge in [-0.25, -0.2) is 0 Å². The van der Waals surface area contributed by atoms with E-state index in [9.17, 15) is 0 Å². The van der Waals surface area contributed by atoms with Crippen molar-refractivity contribution >= 4 is 11.5 Å². The summed E-state index contributed by atoms with van der Waals surface area (Å²) in [6.45, 7) is 13.9. The van der Waals surface area contributed by atoms with Gasteiger partial charge in [0, 0.05) is 5.41 Å². The molecular weight excluding hydrogens is 278 g/mol. The Balaban J connectivity index is 2.52.